The SMILES string of the molecule is CC(C)N(C)CCNS(=O)(=O)N1CCC(CN)CC1. The predicted octanol–water partition coefficient (Wildman–Crippen LogP) is -0.168. The van der Waals surface area contributed by atoms with Crippen molar-refractivity contribution in [1.82, 2.24) is 13.9 Å². The number of hydrogen-bond acceptors (Lipinski definition) is 4. The second-order valence-electron chi connectivity index (χ2n) is 5.55. The van der Waals surface area contributed by atoms with Crippen LogP contribution in [0.4, 0.5) is 0 Å². The second kappa shape index (κ2) is 7.54. The van der Waals surface area contributed by atoms with Crippen molar-refractivity contribution in [3.63, 3.8) is 0 Å². The van der Waals surface area contributed by atoms with E-state index in [4.69, 9.17) is 5.73 Å². The first-order chi connectivity index (χ1) is 8.86. The first-order valence-electron chi connectivity index (χ1n) is 7.02. The van der Waals surface area contributed by atoms with Gasteiger partial charge in [-0.05, 0) is 46.2 Å². The molecular formula is C12H28N4O2S. The molecule has 3 N–H and O–H groups in total. The van der Waals surface area contributed by atoms with E-state index in [-0.39, 0.29) is 0 Å². The molecule has 0 aliphatic carbocycles. The number of nitrogens with zero attached hydrogens (tertiary/aromatic N) is 2. The highest BCUT2D eigenvalue weighted by Gasteiger charge is 2.26. The van der Waals surface area contributed by atoms with Gasteiger partial charge in [0.15, 0.2) is 0 Å². The van der Waals surface area contributed by atoms with E-state index in [0.717, 1.165) is 19.4 Å². The van der Waals surface area contributed by atoms with Crippen LogP contribution < -0.4 is 10.5 Å². The number of likely N-dealkylation sites (N-methyl/N-ethyl adjacent to an activating group) is 1. The van der Waals surface area contributed by atoms with Crippen molar-refractivity contribution in [2.45, 2.75) is 32.7 Å². The summed E-state index contributed by atoms with van der Waals surface area (Å²) in [6.07, 6.45) is 1.73. The van der Waals surface area contributed by atoms with Crippen molar-refractivity contribution in [2.75, 3.05) is 39.8 Å². The molecule has 7 heteroatoms. The standard InChI is InChI=1S/C12H28N4O2S/c1-11(2)15(3)9-6-14-19(17,18)16-7-4-12(10-13)5-8-16/h11-12,14H,4-10,13H2,1-3H3. The average molecular weight is 292 g/mol. The minimum absolute atomic E-state index is 0.421. The van der Waals surface area contributed by atoms with Gasteiger partial charge >= 0.3 is 0 Å². The van der Waals surface area contributed by atoms with E-state index >= 15 is 0 Å². The third-order valence-electron chi connectivity index (χ3n) is 3.88. The molecule has 0 bridgehead atoms. The van der Waals surface area contributed by atoms with E-state index in [1.807, 2.05) is 7.05 Å². The molecule has 0 aromatic carbocycles. The van der Waals surface area contributed by atoms with Crippen molar-refractivity contribution < 1.29 is 8.42 Å². The molecule has 0 aromatic heterocycles. The summed E-state index contributed by atoms with van der Waals surface area (Å²) in [4.78, 5) is 2.11. The van der Waals surface area contributed by atoms with Crippen LogP contribution in [0.1, 0.15) is 26.7 Å². The highest BCUT2D eigenvalue weighted by atomic mass is 32.2. The lowest BCUT2D eigenvalue weighted by molar-refractivity contribution is 0.266. The van der Waals surface area contributed by atoms with Crippen LogP contribution >= 0.6 is 0 Å². The lowest BCUT2D eigenvalue weighted by atomic mass is 9.99. The Morgan fingerprint density at radius 2 is 1.95 bits per heavy atom. The molecule has 0 spiro atoms. The average Bonchev–Trinajstić information content (AvgIpc) is 2.38. The van der Waals surface area contributed by atoms with Crippen LogP contribution in [0.3, 0.4) is 0 Å². The van der Waals surface area contributed by atoms with Gasteiger partial charge in [-0.3, -0.25) is 0 Å². The maximum atomic E-state index is 12.1. The number of nitrogens with one attached hydrogen (secondary N) is 1. The van der Waals surface area contributed by atoms with Crippen LogP contribution in [0, 0.1) is 5.92 Å². The third kappa shape index (κ3) is 5.35. The van der Waals surface area contributed by atoms with Crippen molar-refractivity contribution in [3.05, 3.63) is 0 Å². The quantitative estimate of drug-likeness (QED) is 0.683. The van der Waals surface area contributed by atoms with Gasteiger partial charge in [0.1, 0.15) is 0 Å². The van der Waals surface area contributed by atoms with Gasteiger partial charge < -0.3 is 10.6 Å². The summed E-state index contributed by atoms with van der Waals surface area (Å²) >= 11 is 0. The van der Waals surface area contributed by atoms with E-state index < -0.39 is 10.2 Å². The van der Waals surface area contributed by atoms with Crippen molar-refractivity contribution in [1.29, 1.82) is 0 Å². The molecule has 1 saturated heterocycles. The Bertz CT molecular complexity index is 351. The molecule has 114 valence electrons. The van der Waals surface area contributed by atoms with E-state index in [1.165, 1.54) is 4.31 Å². The lowest BCUT2D eigenvalue weighted by Crippen LogP contribution is -2.47. The fourth-order valence-corrected chi connectivity index (χ4v) is 3.31. The van der Waals surface area contributed by atoms with Gasteiger partial charge in [0.05, 0.1) is 0 Å². The van der Waals surface area contributed by atoms with Crippen LogP contribution in [0.15, 0.2) is 0 Å². The molecule has 0 unspecified atom stereocenters. The zero-order valence-corrected chi connectivity index (χ0v) is 13.1. The third-order valence-corrected chi connectivity index (χ3v) is 5.49. The maximum Gasteiger partial charge on any atom is 0.279 e. The largest absolute Gasteiger partial charge is 0.330 e. The molecule has 0 atom stereocenters. The molecule has 1 aliphatic rings. The van der Waals surface area contributed by atoms with Gasteiger partial charge in [-0.25, -0.2) is 4.72 Å². The number of hydrogen-bond donors (Lipinski definition) is 2. The Labute approximate surface area is 117 Å². The van der Waals surface area contributed by atoms with Crippen LogP contribution in [0.5, 0.6) is 0 Å². The molecule has 1 aliphatic heterocycles. The predicted molar refractivity (Wildman–Crippen MR) is 78.0 cm³/mol. The van der Waals surface area contributed by atoms with Gasteiger partial charge in [0.25, 0.3) is 10.2 Å². The van der Waals surface area contributed by atoms with E-state index in [9.17, 15) is 8.42 Å². The van der Waals surface area contributed by atoms with E-state index in [2.05, 4.69) is 23.5 Å². The summed E-state index contributed by atoms with van der Waals surface area (Å²) in [5, 5.41) is 0. The van der Waals surface area contributed by atoms with Crippen molar-refractivity contribution >= 4 is 10.2 Å². The minimum atomic E-state index is -3.32. The first kappa shape index (κ1) is 16.8. The Morgan fingerprint density at radius 3 is 2.42 bits per heavy atom. The Hall–Kier alpha value is -0.210. The summed E-state index contributed by atoms with van der Waals surface area (Å²) in [7, 11) is -1.33. The molecule has 1 fully saturated rings. The number of rotatable bonds is 7. The summed E-state index contributed by atoms with van der Waals surface area (Å²) in [6, 6.07) is 0.421. The summed E-state index contributed by atoms with van der Waals surface area (Å²) in [6.45, 7) is 7.16. The number of nitrogens with two attached hydrogens (primary N) is 1. The smallest absolute Gasteiger partial charge is 0.279 e. The molecule has 1 heterocycles. The number of piperidine rings is 1. The van der Waals surface area contributed by atoms with Crippen molar-refractivity contribution in [3.8, 4) is 0 Å². The van der Waals surface area contributed by atoms with Gasteiger partial charge in [-0.15, -0.1) is 0 Å². The lowest BCUT2D eigenvalue weighted by Gasteiger charge is -2.30. The topological polar surface area (TPSA) is 78.7 Å². The van der Waals surface area contributed by atoms with Crippen molar-refractivity contribution in [2.24, 2.45) is 11.7 Å². The van der Waals surface area contributed by atoms with Gasteiger partial charge in [-0.1, -0.05) is 0 Å². The molecular weight excluding hydrogens is 264 g/mol. The van der Waals surface area contributed by atoms with Crippen LogP contribution in [0.2, 0.25) is 0 Å². The molecule has 0 radical (unpaired) electrons. The zero-order chi connectivity index (χ0) is 14.5. The highest BCUT2D eigenvalue weighted by Crippen LogP contribution is 2.17. The monoisotopic (exact) mass is 292 g/mol. The van der Waals surface area contributed by atoms with Crippen LogP contribution in [-0.4, -0.2) is 63.4 Å². The van der Waals surface area contributed by atoms with Crippen LogP contribution in [-0.2, 0) is 10.2 Å². The molecule has 0 aromatic rings. The molecule has 0 saturated carbocycles. The van der Waals surface area contributed by atoms with Gasteiger partial charge in [0.2, 0.25) is 0 Å². The Balaban J connectivity index is 2.36. The molecule has 19 heavy (non-hydrogen) atoms. The summed E-state index contributed by atoms with van der Waals surface area (Å²) < 4.78 is 28.4. The maximum absolute atomic E-state index is 12.1. The molecule has 1 rings (SSSR count). The molecule has 0 amide bonds. The fourth-order valence-electron chi connectivity index (χ4n) is 2.09. The first-order valence-corrected chi connectivity index (χ1v) is 8.46. The van der Waals surface area contributed by atoms with Gasteiger partial charge in [0, 0.05) is 32.2 Å². The Kier molecular flexibility index (Phi) is 6.68. The summed E-state index contributed by atoms with van der Waals surface area (Å²) in [5.74, 6) is 0.471. The molecule has 6 nitrogen and oxygen atoms in total. The Morgan fingerprint density at radius 1 is 1.37 bits per heavy atom. The van der Waals surface area contributed by atoms with E-state index in [1.54, 1.807) is 0 Å². The minimum Gasteiger partial charge on any atom is -0.330 e. The van der Waals surface area contributed by atoms with Gasteiger partial charge in [-0.2, -0.15) is 12.7 Å². The summed E-state index contributed by atoms with van der Waals surface area (Å²) in [5.41, 5.74) is 5.61. The van der Waals surface area contributed by atoms with E-state index in [0.29, 0.717) is 38.1 Å². The van der Waals surface area contributed by atoms with Crippen LogP contribution in [0.25, 0.3) is 0 Å². The normalized spacial score (nSPS) is 19.5. The second-order valence-corrected chi connectivity index (χ2v) is 7.31. The fraction of sp³-hybridized carbons (Fsp3) is 1.00. The highest BCUT2D eigenvalue weighted by molar-refractivity contribution is 7.87. The zero-order valence-electron chi connectivity index (χ0n) is 12.3.